The Morgan fingerprint density at radius 3 is 2.31 bits per heavy atom. The molecule has 2 aliphatic rings. The fraction of sp³-hybridized carbons (Fsp3) is 0.179. The first-order chi connectivity index (χ1) is 17.0. The predicted molar refractivity (Wildman–Crippen MR) is 145 cm³/mol. The molecule has 176 valence electrons. The fourth-order valence-corrected chi connectivity index (χ4v) is 6.52. The van der Waals surface area contributed by atoms with Gasteiger partial charge in [-0.05, 0) is 74.0 Å². The summed E-state index contributed by atoms with van der Waals surface area (Å²) in [4.78, 5) is 36.1. The molecular formula is C28H25N3O2S2. The van der Waals surface area contributed by atoms with Crippen LogP contribution in [-0.4, -0.2) is 34.8 Å². The van der Waals surface area contributed by atoms with Crippen LogP contribution in [-0.2, 0) is 11.2 Å². The molecule has 3 aromatic carbocycles. The maximum absolute atomic E-state index is 13.8. The van der Waals surface area contributed by atoms with Gasteiger partial charge in [0.05, 0.1) is 11.4 Å². The summed E-state index contributed by atoms with van der Waals surface area (Å²) in [6.45, 7) is 4.97. The highest BCUT2D eigenvalue weighted by atomic mass is 32.2. The van der Waals surface area contributed by atoms with Crippen LogP contribution in [0.3, 0.4) is 0 Å². The van der Waals surface area contributed by atoms with Gasteiger partial charge in [0.25, 0.3) is 5.91 Å². The summed E-state index contributed by atoms with van der Waals surface area (Å²) in [5, 5.41) is 1.63. The minimum absolute atomic E-state index is 0.0150. The highest BCUT2D eigenvalue weighted by Crippen LogP contribution is 2.50. The van der Waals surface area contributed by atoms with Crippen molar-refractivity contribution in [2.75, 3.05) is 18.0 Å². The van der Waals surface area contributed by atoms with Crippen molar-refractivity contribution in [1.29, 1.82) is 0 Å². The quantitative estimate of drug-likeness (QED) is 0.286. The molecule has 0 aromatic heterocycles. The molecule has 0 saturated carbocycles. The van der Waals surface area contributed by atoms with Gasteiger partial charge in [-0.2, -0.15) is 0 Å². The number of aliphatic imine (C=N–C) groups is 1. The molecule has 0 aliphatic carbocycles. The van der Waals surface area contributed by atoms with E-state index in [1.165, 1.54) is 17.3 Å². The lowest BCUT2D eigenvalue weighted by Gasteiger charge is -2.19. The second-order valence-electron chi connectivity index (χ2n) is 8.24. The van der Waals surface area contributed by atoms with Gasteiger partial charge in [0.1, 0.15) is 9.93 Å². The summed E-state index contributed by atoms with van der Waals surface area (Å²) in [6.07, 6.45) is 0.739. The molecule has 2 aliphatic heterocycles. The van der Waals surface area contributed by atoms with E-state index in [0.29, 0.717) is 22.2 Å². The number of amidine groups is 1. The average molecular weight is 500 g/mol. The van der Waals surface area contributed by atoms with Crippen molar-refractivity contribution in [3.05, 3.63) is 99.9 Å². The number of hydrogen-bond acceptors (Lipinski definition) is 6. The third kappa shape index (κ3) is 4.79. The Kier molecular flexibility index (Phi) is 6.79. The Labute approximate surface area is 213 Å². The number of benzene rings is 3. The lowest BCUT2D eigenvalue weighted by atomic mass is 10.1. The monoisotopic (exact) mass is 499 g/mol. The molecule has 1 saturated heterocycles. The van der Waals surface area contributed by atoms with Crippen LogP contribution >= 0.6 is 23.5 Å². The molecule has 1 amide bonds. The van der Waals surface area contributed by atoms with E-state index in [1.54, 1.807) is 35.7 Å². The summed E-state index contributed by atoms with van der Waals surface area (Å²) in [5.74, 6) is 0.00223. The van der Waals surface area contributed by atoms with Gasteiger partial charge in [-0.25, -0.2) is 4.99 Å². The van der Waals surface area contributed by atoms with Crippen molar-refractivity contribution in [2.45, 2.75) is 25.2 Å². The first-order valence-electron chi connectivity index (χ1n) is 11.6. The van der Waals surface area contributed by atoms with Gasteiger partial charge >= 0.3 is 0 Å². The largest absolute Gasteiger partial charge is 0.334 e. The van der Waals surface area contributed by atoms with Crippen molar-refractivity contribution in [3.8, 4) is 0 Å². The number of nitrogens with zero attached hydrogens (tertiary/aromatic N) is 3. The maximum Gasteiger partial charge on any atom is 0.269 e. The normalized spacial score (nSPS) is 18.5. The third-order valence-electron chi connectivity index (χ3n) is 5.95. The molecule has 0 unspecified atom stereocenters. The maximum atomic E-state index is 13.8. The summed E-state index contributed by atoms with van der Waals surface area (Å²) in [6, 6.07) is 25.6. The van der Waals surface area contributed by atoms with Gasteiger partial charge in [0.15, 0.2) is 11.0 Å². The highest BCUT2D eigenvalue weighted by Gasteiger charge is 2.39. The number of Topliss-reactive ketones (excluding diaryl/α,β-unsaturated/α-hetero) is 1. The standard InChI is InChI=1S/C28H25N3O2S2/c1-3-30-23-11-7-8-12-24(23)34-27(30)25-26(33)31(18-17-20-9-5-4-6-10-20)28(35-25)29-22-15-13-21(14-16-22)19(2)32/h4-16H,3,17-18H2,1-2H3/b27-25-,29-28?. The number of anilines is 1. The van der Waals surface area contributed by atoms with Gasteiger partial charge in [-0.1, -0.05) is 54.2 Å². The van der Waals surface area contributed by atoms with E-state index in [9.17, 15) is 9.59 Å². The van der Waals surface area contributed by atoms with Crippen LogP contribution in [0, 0.1) is 0 Å². The first kappa shape index (κ1) is 23.5. The SMILES string of the molecule is CCN1/C(=C2/SC(=Nc3ccc(C(C)=O)cc3)N(CCc3ccccc3)C2=O)Sc2ccccc21. The van der Waals surface area contributed by atoms with Gasteiger partial charge in [-0.3, -0.25) is 14.5 Å². The van der Waals surface area contributed by atoms with Crippen LogP contribution in [0.1, 0.15) is 29.8 Å². The van der Waals surface area contributed by atoms with Gasteiger partial charge in [0, 0.05) is 23.5 Å². The van der Waals surface area contributed by atoms with E-state index in [1.807, 2.05) is 42.5 Å². The first-order valence-corrected chi connectivity index (χ1v) is 13.2. The molecule has 7 heteroatoms. The second-order valence-corrected chi connectivity index (χ2v) is 10.2. The average Bonchev–Trinajstić information content (AvgIpc) is 3.40. The Bertz CT molecular complexity index is 1330. The van der Waals surface area contributed by atoms with Crippen molar-refractivity contribution in [3.63, 3.8) is 0 Å². The topological polar surface area (TPSA) is 53.0 Å². The Morgan fingerprint density at radius 2 is 1.60 bits per heavy atom. The molecule has 0 N–H and O–H groups in total. The number of carbonyl (C=O) groups is 2. The Morgan fingerprint density at radius 1 is 0.886 bits per heavy atom. The Hall–Kier alpha value is -3.29. The van der Waals surface area contributed by atoms with Crippen molar-refractivity contribution in [2.24, 2.45) is 4.99 Å². The van der Waals surface area contributed by atoms with E-state index < -0.39 is 0 Å². The van der Waals surface area contributed by atoms with E-state index in [-0.39, 0.29) is 11.7 Å². The fourth-order valence-electron chi connectivity index (χ4n) is 4.10. The van der Waals surface area contributed by atoms with E-state index in [2.05, 4.69) is 36.1 Å². The van der Waals surface area contributed by atoms with E-state index >= 15 is 0 Å². The molecule has 1 fully saturated rings. The Balaban J connectivity index is 1.50. The molecular weight excluding hydrogens is 474 g/mol. The second kappa shape index (κ2) is 10.1. The zero-order valence-electron chi connectivity index (χ0n) is 19.6. The molecule has 0 spiro atoms. The van der Waals surface area contributed by atoms with Crippen LogP contribution in [0.5, 0.6) is 0 Å². The summed E-state index contributed by atoms with van der Waals surface area (Å²) < 4.78 is 0. The van der Waals surface area contributed by atoms with Gasteiger partial charge in [0.2, 0.25) is 0 Å². The number of para-hydroxylation sites is 1. The highest BCUT2D eigenvalue weighted by molar-refractivity contribution is 8.19. The number of rotatable bonds is 6. The molecule has 2 heterocycles. The summed E-state index contributed by atoms with van der Waals surface area (Å²) in [7, 11) is 0. The van der Waals surface area contributed by atoms with Crippen LogP contribution in [0.15, 0.2) is 98.7 Å². The van der Waals surface area contributed by atoms with Crippen LogP contribution in [0.25, 0.3) is 0 Å². The lowest BCUT2D eigenvalue weighted by molar-refractivity contribution is -0.122. The minimum atomic E-state index is -0.0150. The number of carbonyl (C=O) groups excluding carboxylic acids is 2. The van der Waals surface area contributed by atoms with E-state index in [4.69, 9.17) is 4.99 Å². The van der Waals surface area contributed by atoms with Crippen molar-refractivity contribution < 1.29 is 9.59 Å². The minimum Gasteiger partial charge on any atom is -0.334 e. The molecule has 0 radical (unpaired) electrons. The number of fused-ring (bicyclic) bond motifs is 1. The lowest BCUT2D eigenvalue weighted by Crippen LogP contribution is -2.32. The van der Waals surface area contributed by atoms with Gasteiger partial charge < -0.3 is 4.90 Å². The zero-order chi connectivity index (χ0) is 24.4. The number of amides is 1. The van der Waals surface area contributed by atoms with Crippen molar-refractivity contribution >= 4 is 51.8 Å². The van der Waals surface area contributed by atoms with Crippen molar-refractivity contribution in [1.82, 2.24) is 4.90 Å². The summed E-state index contributed by atoms with van der Waals surface area (Å²) in [5.41, 5.74) is 3.67. The molecule has 35 heavy (non-hydrogen) atoms. The van der Waals surface area contributed by atoms with Crippen LogP contribution in [0.4, 0.5) is 11.4 Å². The zero-order valence-corrected chi connectivity index (χ0v) is 21.2. The van der Waals surface area contributed by atoms with Gasteiger partial charge in [-0.15, -0.1) is 0 Å². The number of ketones is 1. The molecule has 0 atom stereocenters. The molecule has 0 bridgehead atoms. The molecule has 5 rings (SSSR count). The summed E-state index contributed by atoms with van der Waals surface area (Å²) >= 11 is 3.08. The predicted octanol–water partition coefficient (Wildman–Crippen LogP) is 6.50. The number of thioether (sulfide) groups is 2. The smallest absolute Gasteiger partial charge is 0.269 e. The van der Waals surface area contributed by atoms with E-state index in [0.717, 1.165) is 34.3 Å². The molecule has 5 nitrogen and oxygen atoms in total. The number of hydrogen-bond donors (Lipinski definition) is 0. The van der Waals surface area contributed by atoms with Crippen LogP contribution in [0.2, 0.25) is 0 Å². The van der Waals surface area contributed by atoms with Crippen LogP contribution < -0.4 is 4.90 Å². The third-order valence-corrected chi connectivity index (χ3v) is 8.33. The molecule has 3 aromatic rings.